The fourth-order valence-electron chi connectivity index (χ4n) is 2.58. The fourth-order valence-corrected chi connectivity index (χ4v) is 14.0. The smallest absolute Gasteiger partial charge is 0.0494 e. The Morgan fingerprint density at radius 2 is 0.771 bits per heavy atom. The van der Waals surface area contributed by atoms with Crippen LogP contribution in [0.1, 0.15) is 0 Å². The number of rotatable bonds is 3. The van der Waals surface area contributed by atoms with Crippen LogP contribution >= 0.6 is 194 Å². The Kier molecular flexibility index (Phi) is 13.7. The van der Waals surface area contributed by atoms with E-state index in [9.17, 15) is 0 Å². The molecule has 0 atom stereocenters. The summed E-state index contributed by atoms with van der Waals surface area (Å²) in [5, 5.41) is 2.52. The van der Waals surface area contributed by atoms with Crippen LogP contribution in [0.3, 0.4) is 0 Å². The Bertz CT molecular complexity index is 1300. The lowest BCUT2D eigenvalue weighted by molar-refractivity contribution is 1.28. The number of thiol groups is 1. The van der Waals surface area contributed by atoms with Crippen molar-refractivity contribution in [1.82, 2.24) is 0 Å². The van der Waals surface area contributed by atoms with Crippen LogP contribution in [0.4, 0.5) is 0 Å². The Hall–Kier alpha value is 2.99. The maximum Gasteiger partial charge on any atom is 0.0494 e. The predicted octanol–water partition coefficient (Wildman–Crippen LogP) is 15.2. The second-order valence-electron chi connectivity index (χ2n) is 6.50. The van der Waals surface area contributed by atoms with E-state index < -0.39 is 0 Å². The Morgan fingerprint density at radius 3 is 1.17 bits per heavy atom. The van der Waals surface area contributed by atoms with Gasteiger partial charge in [-0.1, -0.05) is 51.9 Å². The number of benzene rings is 4. The molecule has 35 heavy (non-hydrogen) atoms. The van der Waals surface area contributed by atoms with Crippen LogP contribution in [0.15, 0.2) is 102 Å². The summed E-state index contributed by atoms with van der Waals surface area (Å²) < 4.78 is 9.63. The highest BCUT2D eigenvalue weighted by molar-refractivity contribution is 9.16. The average Bonchev–Trinajstić information content (AvgIpc) is 2.85. The molecular weight excluding hydrogens is 1160 g/mol. The maximum absolute atomic E-state index is 4.26. The zero-order valence-corrected chi connectivity index (χ0v) is 35.0. The summed E-state index contributed by atoms with van der Waals surface area (Å²) >= 11 is 40.4. The molecule has 4 rings (SSSR count). The normalized spacial score (nSPS) is 10.9. The molecule has 0 spiro atoms. The van der Waals surface area contributed by atoms with Crippen molar-refractivity contribution < 1.29 is 0 Å². The standard InChI is InChI=1S/C12Br10S2.C10H8S/c13-1-3(15)7(19)11(8(20)4(1)16)23-24-12-9(21)5(17)2(14)6(18)10(12)22;11-10-6-5-8-3-1-2-4-9(8)7-10/h;1-7,11H. The first-order chi connectivity index (χ1) is 16.5. The van der Waals surface area contributed by atoms with Gasteiger partial charge in [-0.3, -0.25) is 0 Å². The minimum absolute atomic E-state index is 0.951. The van der Waals surface area contributed by atoms with Gasteiger partial charge in [0.1, 0.15) is 0 Å². The van der Waals surface area contributed by atoms with E-state index in [2.05, 4.69) is 196 Å². The lowest BCUT2D eigenvalue weighted by Crippen LogP contribution is -1.86. The van der Waals surface area contributed by atoms with Gasteiger partial charge in [0.2, 0.25) is 0 Å². The van der Waals surface area contributed by atoms with Crippen LogP contribution < -0.4 is 0 Å². The monoisotopic (exact) mass is 1160 g/mol. The van der Waals surface area contributed by atoms with E-state index in [4.69, 9.17) is 0 Å². The van der Waals surface area contributed by atoms with Gasteiger partial charge in [-0.25, -0.2) is 0 Å². The van der Waals surface area contributed by atoms with E-state index >= 15 is 0 Å². The topological polar surface area (TPSA) is 0 Å². The van der Waals surface area contributed by atoms with Crippen LogP contribution in [-0.2, 0) is 0 Å². The SMILES string of the molecule is Brc1c(Br)c(Br)c(SSc2c(Br)c(Br)c(Br)c(Br)c2Br)c(Br)c1Br.Sc1ccc2ccccc2c1. The second-order valence-corrected chi connectivity index (χ2v) is 17.1. The molecule has 0 N–H and O–H groups in total. The zero-order valence-electron chi connectivity index (χ0n) is 16.6. The van der Waals surface area contributed by atoms with Crippen molar-refractivity contribution in [3.05, 3.63) is 87.2 Å². The summed E-state index contributed by atoms with van der Waals surface area (Å²) in [4.78, 5) is 3.15. The highest BCUT2D eigenvalue weighted by Gasteiger charge is 2.22. The molecule has 0 amide bonds. The molecular formula is C22H8Br10S3. The Morgan fingerprint density at radius 1 is 0.429 bits per heavy atom. The van der Waals surface area contributed by atoms with Crippen LogP contribution in [0.2, 0.25) is 0 Å². The largest absolute Gasteiger partial charge is 0.143 e. The molecule has 0 fully saturated rings. The summed E-state index contributed by atoms with van der Waals surface area (Å²) in [5.41, 5.74) is 0. The zero-order chi connectivity index (χ0) is 26.0. The third-order valence-electron chi connectivity index (χ3n) is 4.28. The number of hydrogen-bond acceptors (Lipinski definition) is 3. The van der Waals surface area contributed by atoms with Crippen molar-refractivity contribution >= 4 is 204 Å². The molecule has 0 aliphatic rings. The van der Waals surface area contributed by atoms with E-state index in [1.807, 2.05) is 18.2 Å². The molecule has 0 heterocycles. The molecule has 0 aromatic heterocycles. The van der Waals surface area contributed by atoms with E-state index in [0.717, 1.165) is 59.4 Å². The van der Waals surface area contributed by atoms with Crippen molar-refractivity contribution in [3.63, 3.8) is 0 Å². The predicted molar refractivity (Wildman–Crippen MR) is 193 cm³/mol. The molecule has 0 saturated carbocycles. The third kappa shape index (κ3) is 7.84. The molecule has 4 aromatic carbocycles. The van der Waals surface area contributed by atoms with Gasteiger partial charge in [-0.05, 0) is 182 Å². The van der Waals surface area contributed by atoms with Gasteiger partial charge >= 0.3 is 0 Å². The van der Waals surface area contributed by atoms with E-state index in [-0.39, 0.29) is 0 Å². The van der Waals surface area contributed by atoms with E-state index in [1.165, 1.54) is 10.8 Å². The van der Waals surface area contributed by atoms with Gasteiger partial charge in [-0.2, -0.15) is 0 Å². The van der Waals surface area contributed by atoms with Crippen LogP contribution in [0, 0.1) is 0 Å². The Balaban J connectivity index is 0.000000256. The highest BCUT2D eigenvalue weighted by Crippen LogP contribution is 2.56. The molecule has 0 nitrogen and oxygen atoms in total. The van der Waals surface area contributed by atoms with Crippen molar-refractivity contribution in [2.75, 3.05) is 0 Å². The molecule has 13 heteroatoms. The summed E-state index contributed by atoms with van der Waals surface area (Å²) in [5.74, 6) is 0. The molecule has 184 valence electrons. The fraction of sp³-hybridized carbons (Fsp3) is 0. The average molecular weight is 1170 g/mol. The first-order valence-electron chi connectivity index (χ1n) is 9.00. The lowest BCUT2D eigenvalue weighted by Gasteiger charge is -2.15. The molecule has 0 saturated heterocycles. The minimum Gasteiger partial charge on any atom is -0.143 e. The summed E-state index contributed by atoms with van der Waals surface area (Å²) in [6, 6.07) is 14.4. The minimum atomic E-state index is 0.951. The Labute approximate surface area is 301 Å². The van der Waals surface area contributed by atoms with Crippen LogP contribution in [-0.4, -0.2) is 0 Å². The van der Waals surface area contributed by atoms with Crippen LogP contribution in [0.25, 0.3) is 10.8 Å². The summed E-state index contributed by atoms with van der Waals surface area (Å²) in [6.07, 6.45) is 0. The summed E-state index contributed by atoms with van der Waals surface area (Å²) in [7, 11) is 3.28. The van der Waals surface area contributed by atoms with Gasteiger partial charge in [0, 0.05) is 59.4 Å². The van der Waals surface area contributed by atoms with E-state index in [0.29, 0.717) is 0 Å². The number of fused-ring (bicyclic) bond motifs is 1. The van der Waals surface area contributed by atoms with Crippen molar-refractivity contribution in [3.8, 4) is 0 Å². The molecule has 0 unspecified atom stereocenters. The molecule has 0 aliphatic carbocycles. The number of halogens is 10. The van der Waals surface area contributed by atoms with Gasteiger partial charge in [-0.15, -0.1) is 12.6 Å². The first kappa shape index (κ1) is 32.5. The number of hydrogen-bond donors (Lipinski definition) is 1. The van der Waals surface area contributed by atoms with Gasteiger partial charge in [0.15, 0.2) is 0 Å². The molecule has 0 bridgehead atoms. The molecule has 0 radical (unpaired) electrons. The third-order valence-corrected chi connectivity index (χ3v) is 20.3. The van der Waals surface area contributed by atoms with Gasteiger partial charge in [0.05, 0.1) is 0 Å². The van der Waals surface area contributed by atoms with E-state index in [1.54, 1.807) is 21.6 Å². The van der Waals surface area contributed by atoms with Crippen LogP contribution in [0.5, 0.6) is 0 Å². The van der Waals surface area contributed by atoms with Crippen molar-refractivity contribution in [1.29, 1.82) is 0 Å². The van der Waals surface area contributed by atoms with Crippen molar-refractivity contribution in [2.45, 2.75) is 14.7 Å². The molecule has 4 aromatic rings. The summed E-state index contributed by atoms with van der Waals surface area (Å²) in [6.45, 7) is 0. The highest BCUT2D eigenvalue weighted by atomic mass is 79.9. The first-order valence-corrected chi connectivity index (χ1v) is 19.5. The van der Waals surface area contributed by atoms with Gasteiger partial charge in [0.25, 0.3) is 0 Å². The maximum atomic E-state index is 4.26. The second kappa shape index (κ2) is 14.8. The van der Waals surface area contributed by atoms with Crippen molar-refractivity contribution in [2.24, 2.45) is 0 Å². The molecule has 0 aliphatic heterocycles. The quantitative estimate of drug-likeness (QED) is 0.0940. The van der Waals surface area contributed by atoms with Gasteiger partial charge < -0.3 is 0 Å². The lowest BCUT2D eigenvalue weighted by atomic mass is 10.1.